The SMILES string of the molecule is CC12CC=CC=C1N(c1ccccc1)c1ccc(-c3ccc4c(c3)c3cc(-c5ccc6c(c5)c5ccccc5n6-c5ccccc5)ccc3n4-c3ccccc3)cc12. The summed E-state index contributed by atoms with van der Waals surface area (Å²) in [5.74, 6) is 0. The third-order valence-corrected chi connectivity index (χ3v) is 12.7. The maximum Gasteiger partial charge on any atom is 0.0541 e. The van der Waals surface area contributed by atoms with E-state index in [0.29, 0.717) is 0 Å². The van der Waals surface area contributed by atoms with Crippen LogP contribution < -0.4 is 4.90 Å². The fourth-order valence-corrected chi connectivity index (χ4v) is 9.90. The zero-order valence-electron chi connectivity index (χ0n) is 32.2. The molecule has 1 aliphatic carbocycles. The fraction of sp³-hybridized carbons (Fsp3) is 0.0545. The number of hydrogen-bond donors (Lipinski definition) is 0. The quantitative estimate of drug-likeness (QED) is 0.171. The molecular formula is C55H39N3. The van der Waals surface area contributed by atoms with Crippen molar-refractivity contribution >= 4 is 55.0 Å². The molecule has 2 aliphatic rings. The average molecular weight is 742 g/mol. The van der Waals surface area contributed by atoms with Gasteiger partial charge in [-0.05, 0) is 138 Å². The molecule has 0 spiro atoms. The van der Waals surface area contributed by atoms with Crippen LogP contribution in [0.4, 0.5) is 11.4 Å². The van der Waals surface area contributed by atoms with Crippen molar-refractivity contribution in [1.82, 2.24) is 9.13 Å². The third kappa shape index (κ3) is 4.80. The molecular weight excluding hydrogens is 703 g/mol. The number of benzene rings is 8. The Morgan fingerprint density at radius 1 is 0.414 bits per heavy atom. The standard InChI is InChI=1S/C55H39N3/c1-55-32-14-13-23-54(55)58(43-19-9-4-10-20-43)53-31-27-40(36-48(53)55)39-26-30-52-47(35-39)46-34-38(25-29-51(46)57(52)42-17-7-3-8-18-42)37-24-28-50-45(33-37)44-21-11-12-22-49(44)56(50)41-15-5-2-6-16-41/h2-31,33-36H,32H2,1H3. The Morgan fingerprint density at radius 2 is 0.862 bits per heavy atom. The summed E-state index contributed by atoms with van der Waals surface area (Å²) in [4.78, 5) is 2.46. The number of fused-ring (bicyclic) bond motifs is 9. The molecule has 0 amide bonds. The monoisotopic (exact) mass is 741 g/mol. The molecule has 0 fully saturated rings. The molecule has 3 heteroatoms. The lowest BCUT2D eigenvalue weighted by molar-refractivity contribution is 0.577. The Hall–Kier alpha value is -7.36. The fourth-order valence-electron chi connectivity index (χ4n) is 9.90. The second-order valence-electron chi connectivity index (χ2n) is 16.0. The first-order valence-electron chi connectivity index (χ1n) is 20.2. The van der Waals surface area contributed by atoms with Gasteiger partial charge in [0.1, 0.15) is 0 Å². The van der Waals surface area contributed by atoms with Crippen LogP contribution >= 0.6 is 0 Å². The number of nitrogens with zero attached hydrogens (tertiary/aromatic N) is 3. The molecule has 0 radical (unpaired) electrons. The van der Waals surface area contributed by atoms with Crippen molar-refractivity contribution in [2.24, 2.45) is 0 Å². The summed E-state index contributed by atoms with van der Waals surface area (Å²) in [7, 11) is 0. The molecule has 0 bridgehead atoms. The molecule has 0 saturated heterocycles. The maximum atomic E-state index is 2.46. The first-order valence-corrected chi connectivity index (χ1v) is 20.2. The minimum absolute atomic E-state index is 0.104. The van der Waals surface area contributed by atoms with Crippen LogP contribution in [0.2, 0.25) is 0 Å². The number of para-hydroxylation sites is 4. The Morgan fingerprint density at radius 3 is 1.43 bits per heavy atom. The first kappa shape index (κ1) is 32.8. The number of aromatic nitrogens is 2. The molecule has 3 nitrogen and oxygen atoms in total. The van der Waals surface area contributed by atoms with E-state index < -0.39 is 0 Å². The van der Waals surface area contributed by atoms with Crippen LogP contribution in [0.1, 0.15) is 18.9 Å². The first-order chi connectivity index (χ1) is 28.6. The highest BCUT2D eigenvalue weighted by atomic mass is 15.2. The minimum atomic E-state index is -0.104. The summed E-state index contributed by atoms with van der Waals surface area (Å²) in [6, 6.07) is 69.1. The van der Waals surface area contributed by atoms with Gasteiger partial charge < -0.3 is 14.0 Å². The Bertz CT molecular complexity index is 3310. The lowest BCUT2D eigenvalue weighted by Crippen LogP contribution is -2.26. The van der Waals surface area contributed by atoms with E-state index in [2.05, 4.69) is 227 Å². The van der Waals surface area contributed by atoms with Crippen LogP contribution in [0.5, 0.6) is 0 Å². The number of anilines is 2. The van der Waals surface area contributed by atoms with Gasteiger partial charge in [-0.15, -0.1) is 0 Å². The molecule has 1 unspecified atom stereocenters. The highest BCUT2D eigenvalue weighted by Crippen LogP contribution is 2.55. The van der Waals surface area contributed by atoms with Crippen LogP contribution in [0.3, 0.4) is 0 Å². The molecule has 10 aromatic rings. The summed E-state index contributed by atoms with van der Waals surface area (Å²) in [6.45, 7) is 2.41. The van der Waals surface area contributed by atoms with Crippen molar-refractivity contribution in [2.45, 2.75) is 18.8 Å². The van der Waals surface area contributed by atoms with Crippen LogP contribution in [-0.2, 0) is 5.41 Å². The van der Waals surface area contributed by atoms with Crippen LogP contribution in [0.25, 0.3) is 77.2 Å². The highest BCUT2D eigenvalue weighted by molar-refractivity contribution is 6.13. The van der Waals surface area contributed by atoms with Crippen LogP contribution in [0, 0.1) is 0 Å². The van der Waals surface area contributed by atoms with E-state index in [1.807, 2.05) is 0 Å². The number of rotatable bonds is 5. The van der Waals surface area contributed by atoms with E-state index in [4.69, 9.17) is 0 Å². The molecule has 1 atom stereocenters. The molecule has 58 heavy (non-hydrogen) atoms. The van der Waals surface area contributed by atoms with Gasteiger partial charge in [-0.1, -0.05) is 109 Å². The van der Waals surface area contributed by atoms with Crippen molar-refractivity contribution in [3.05, 3.63) is 218 Å². The summed E-state index contributed by atoms with van der Waals surface area (Å²) >= 11 is 0. The van der Waals surface area contributed by atoms with Crippen LogP contribution in [0.15, 0.2) is 212 Å². The zero-order valence-corrected chi connectivity index (χ0v) is 32.2. The van der Waals surface area contributed by atoms with Gasteiger partial charge in [0, 0.05) is 49.7 Å². The largest absolute Gasteiger partial charge is 0.313 e. The Kier molecular flexibility index (Phi) is 7.12. The van der Waals surface area contributed by atoms with Crippen molar-refractivity contribution in [2.75, 3.05) is 4.90 Å². The molecule has 274 valence electrons. The van der Waals surface area contributed by atoms with Crippen molar-refractivity contribution in [3.8, 4) is 33.6 Å². The molecule has 1 aliphatic heterocycles. The van der Waals surface area contributed by atoms with E-state index in [1.54, 1.807) is 0 Å². The van der Waals surface area contributed by atoms with Crippen LogP contribution in [-0.4, -0.2) is 9.13 Å². The van der Waals surface area contributed by atoms with Gasteiger partial charge in [-0.2, -0.15) is 0 Å². The minimum Gasteiger partial charge on any atom is -0.313 e. The molecule has 0 saturated carbocycles. The van der Waals surface area contributed by atoms with Crippen molar-refractivity contribution in [3.63, 3.8) is 0 Å². The Balaban J connectivity index is 1.03. The normalized spacial score (nSPS) is 16.0. The summed E-state index contributed by atoms with van der Waals surface area (Å²) in [6.07, 6.45) is 7.81. The summed E-state index contributed by atoms with van der Waals surface area (Å²) < 4.78 is 4.80. The van der Waals surface area contributed by atoms with Gasteiger partial charge in [0.15, 0.2) is 0 Å². The predicted molar refractivity (Wildman–Crippen MR) is 244 cm³/mol. The zero-order chi connectivity index (χ0) is 38.4. The molecule has 12 rings (SSSR count). The van der Waals surface area contributed by atoms with E-state index in [0.717, 1.165) is 12.1 Å². The second kappa shape index (κ2) is 12.6. The van der Waals surface area contributed by atoms with Gasteiger partial charge in [-0.25, -0.2) is 0 Å². The number of hydrogen-bond acceptors (Lipinski definition) is 1. The maximum absolute atomic E-state index is 2.46. The van der Waals surface area contributed by atoms with Gasteiger partial charge in [-0.3, -0.25) is 0 Å². The van der Waals surface area contributed by atoms with Gasteiger partial charge in [0.25, 0.3) is 0 Å². The predicted octanol–water partition coefficient (Wildman–Crippen LogP) is 14.5. The highest BCUT2D eigenvalue weighted by Gasteiger charge is 2.44. The van der Waals surface area contributed by atoms with Gasteiger partial charge >= 0.3 is 0 Å². The lowest BCUT2D eigenvalue weighted by atomic mass is 9.76. The van der Waals surface area contributed by atoms with E-state index in [9.17, 15) is 0 Å². The third-order valence-electron chi connectivity index (χ3n) is 12.7. The van der Waals surface area contributed by atoms with Gasteiger partial charge in [0.2, 0.25) is 0 Å². The second-order valence-corrected chi connectivity index (χ2v) is 16.0. The topological polar surface area (TPSA) is 13.1 Å². The van der Waals surface area contributed by atoms with Gasteiger partial charge in [0.05, 0.1) is 27.8 Å². The molecule has 8 aromatic carbocycles. The van der Waals surface area contributed by atoms with E-state index >= 15 is 0 Å². The molecule has 3 heterocycles. The lowest BCUT2D eigenvalue weighted by Gasteiger charge is -2.31. The average Bonchev–Trinajstić information content (AvgIpc) is 3.89. The van der Waals surface area contributed by atoms with E-state index in [-0.39, 0.29) is 5.41 Å². The molecule has 0 N–H and O–H groups in total. The number of allylic oxidation sites excluding steroid dienone is 4. The van der Waals surface area contributed by atoms with Crippen molar-refractivity contribution < 1.29 is 0 Å². The van der Waals surface area contributed by atoms with Crippen molar-refractivity contribution in [1.29, 1.82) is 0 Å². The Labute approximate surface area is 337 Å². The summed E-state index contributed by atoms with van der Waals surface area (Å²) in [5.41, 5.74) is 17.1. The summed E-state index contributed by atoms with van der Waals surface area (Å²) in [5, 5.41) is 5.01. The smallest absolute Gasteiger partial charge is 0.0541 e. The molecule has 2 aromatic heterocycles. The van der Waals surface area contributed by atoms with E-state index in [1.165, 1.54) is 94.2 Å².